The average molecular weight is 420 g/mol. The largest absolute Gasteiger partial charge is 0.507 e. The molecule has 0 aliphatic carbocycles. The number of carboxylic acid groups (broad SMARTS) is 1. The lowest BCUT2D eigenvalue weighted by atomic mass is 10.2. The maximum absolute atomic E-state index is 11.2. The second kappa shape index (κ2) is 9.95. The second-order valence-electron chi connectivity index (χ2n) is 6.59. The molecule has 2 atom stereocenters. The number of carboxylic acids is 1. The van der Waals surface area contributed by atoms with Crippen molar-refractivity contribution in [2.75, 3.05) is 13.2 Å². The Kier molecular flexibility index (Phi) is 7.34. The van der Waals surface area contributed by atoms with Crippen molar-refractivity contribution >= 4 is 17.9 Å². The Balaban J connectivity index is 1.44. The number of carbonyl (C=O) groups is 1. The minimum absolute atomic E-state index is 0.123. The van der Waals surface area contributed by atoms with E-state index in [0.717, 1.165) is 5.56 Å². The maximum Gasteiger partial charge on any atom is 0.343 e. The van der Waals surface area contributed by atoms with Crippen LogP contribution in [0.1, 0.15) is 28.8 Å². The zero-order valence-corrected chi connectivity index (χ0v) is 16.5. The third-order valence-corrected chi connectivity index (χ3v) is 5.63. The molecule has 1 saturated heterocycles. The van der Waals surface area contributed by atoms with Crippen molar-refractivity contribution in [1.82, 2.24) is 9.21 Å². The van der Waals surface area contributed by atoms with E-state index in [2.05, 4.69) is 0 Å². The molecule has 0 bridgehead atoms. The predicted molar refractivity (Wildman–Crippen MR) is 108 cm³/mol. The molecule has 2 unspecified atom stereocenters. The first-order valence-corrected chi connectivity index (χ1v) is 10.1. The number of ether oxygens (including phenoxy) is 1. The van der Waals surface area contributed by atoms with E-state index in [1.165, 1.54) is 30.1 Å². The van der Waals surface area contributed by atoms with Crippen LogP contribution in [0.2, 0.25) is 0 Å². The normalized spacial score (nSPS) is 20.1. The number of aliphatic hydroxyl groups excluding tert-OH is 2. The predicted octanol–water partition coefficient (Wildman–Crippen LogP) is 2.27. The zero-order chi connectivity index (χ0) is 20.8. The molecule has 0 amide bonds. The van der Waals surface area contributed by atoms with E-state index < -0.39 is 17.9 Å². The summed E-state index contributed by atoms with van der Waals surface area (Å²) in [6, 6.07) is 14.0. The van der Waals surface area contributed by atoms with E-state index >= 15 is 0 Å². The SMILES string of the molecule is O=C(O)c1c(O)cccc1OCCCCN1SC(O)N(Cc2ccccc2)C1O. The third-order valence-electron chi connectivity index (χ3n) is 4.52. The van der Waals surface area contributed by atoms with Crippen LogP contribution in [0.5, 0.6) is 11.5 Å². The van der Waals surface area contributed by atoms with E-state index in [0.29, 0.717) is 25.9 Å². The summed E-state index contributed by atoms with van der Waals surface area (Å²) >= 11 is 1.18. The quantitative estimate of drug-likeness (QED) is 0.358. The zero-order valence-electron chi connectivity index (χ0n) is 15.7. The lowest BCUT2D eigenvalue weighted by Crippen LogP contribution is -2.40. The summed E-state index contributed by atoms with van der Waals surface area (Å²) in [6.07, 6.45) is 0.394. The van der Waals surface area contributed by atoms with Crippen LogP contribution in [0.4, 0.5) is 0 Å². The summed E-state index contributed by atoms with van der Waals surface area (Å²) in [5.74, 6) is -1.46. The van der Waals surface area contributed by atoms with Gasteiger partial charge in [0.25, 0.3) is 0 Å². The third kappa shape index (κ3) is 5.40. The molecule has 1 aliphatic heterocycles. The Labute approximate surface area is 173 Å². The van der Waals surface area contributed by atoms with Crippen LogP contribution in [0.25, 0.3) is 0 Å². The molecule has 0 saturated carbocycles. The smallest absolute Gasteiger partial charge is 0.343 e. The molecular weight excluding hydrogens is 396 g/mol. The van der Waals surface area contributed by atoms with Crippen LogP contribution in [0.15, 0.2) is 48.5 Å². The van der Waals surface area contributed by atoms with Gasteiger partial charge in [-0.2, -0.15) is 0 Å². The van der Waals surface area contributed by atoms with Gasteiger partial charge in [0, 0.05) is 13.1 Å². The number of unbranched alkanes of at least 4 members (excludes halogenated alkanes) is 1. The van der Waals surface area contributed by atoms with E-state index in [-0.39, 0.29) is 23.7 Å². The van der Waals surface area contributed by atoms with E-state index in [4.69, 9.17) is 4.74 Å². The standard InChI is InChI=1S/C20H24N2O6S/c23-15-9-6-10-16(17(15)18(24)25)28-12-5-4-11-22-19(26)21(20(27)29-22)13-14-7-2-1-3-8-14/h1-3,6-10,19-20,23,26-27H,4-5,11-13H2,(H,24,25). The van der Waals surface area contributed by atoms with Crippen molar-refractivity contribution < 1.29 is 30.0 Å². The van der Waals surface area contributed by atoms with Gasteiger partial charge in [-0.3, -0.25) is 0 Å². The Hall–Kier alpha value is -2.30. The van der Waals surface area contributed by atoms with Gasteiger partial charge < -0.3 is 25.2 Å². The summed E-state index contributed by atoms with van der Waals surface area (Å²) in [5, 5.41) is 39.6. The fourth-order valence-electron chi connectivity index (χ4n) is 3.04. The topological polar surface area (TPSA) is 114 Å². The summed E-state index contributed by atoms with van der Waals surface area (Å²) in [6.45, 7) is 1.24. The fraction of sp³-hybridized carbons (Fsp3) is 0.350. The molecule has 2 aromatic carbocycles. The number of hydrogen-bond donors (Lipinski definition) is 4. The molecule has 2 aromatic rings. The number of aromatic hydroxyl groups is 1. The molecule has 0 spiro atoms. The molecule has 3 rings (SSSR count). The van der Waals surface area contributed by atoms with Gasteiger partial charge in [0.1, 0.15) is 17.1 Å². The molecule has 9 heteroatoms. The number of benzene rings is 2. The lowest BCUT2D eigenvalue weighted by molar-refractivity contribution is -0.0964. The Morgan fingerprint density at radius 1 is 1.07 bits per heavy atom. The number of rotatable bonds is 9. The van der Waals surface area contributed by atoms with Crippen molar-refractivity contribution in [2.24, 2.45) is 0 Å². The first-order valence-electron chi connectivity index (χ1n) is 9.24. The fourth-order valence-corrected chi connectivity index (χ4v) is 4.06. The minimum atomic E-state index is -1.25. The Bertz CT molecular complexity index is 822. The van der Waals surface area contributed by atoms with Crippen LogP contribution >= 0.6 is 11.9 Å². The van der Waals surface area contributed by atoms with Gasteiger partial charge in [-0.15, -0.1) is 0 Å². The highest BCUT2D eigenvalue weighted by Gasteiger charge is 2.37. The van der Waals surface area contributed by atoms with Crippen molar-refractivity contribution in [2.45, 2.75) is 31.3 Å². The number of aliphatic hydroxyl groups is 2. The molecule has 1 aliphatic rings. The first-order chi connectivity index (χ1) is 14.0. The van der Waals surface area contributed by atoms with Gasteiger partial charge in [-0.1, -0.05) is 36.4 Å². The van der Waals surface area contributed by atoms with Crippen LogP contribution in [-0.4, -0.2) is 60.7 Å². The number of phenols is 1. The number of nitrogens with zero attached hydrogens (tertiary/aromatic N) is 2. The highest BCUT2D eigenvalue weighted by atomic mass is 32.2. The van der Waals surface area contributed by atoms with Crippen LogP contribution in [0.3, 0.4) is 0 Å². The van der Waals surface area contributed by atoms with Gasteiger partial charge in [0.05, 0.1) is 6.61 Å². The van der Waals surface area contributed by atoms with Gasteiger partial charge >= 0.3 is 5.97 Å². The van der Waals surface area contributed by atoms with Gasteiger partial charge in [0.2, 0.25) is 0 Å². The van der Waals surface area contributed by atoms with Crippen LogP contribution in [-0.2, 0) is 6.54 Å². The first kappa shape index (κ1) is 21.4. The minimum Gasteiger partial charge on any atom is -0.507 e. The van der Waals surface area contributed by atoms with Gasteiger partial charge in [-0.05, 0) is 42.5 Å². The van der Waals surface area contributed by atoms with Crippen molar-refractivity contribution in [1.29, 1.82) is 0 Å². The van der Waals surface area contributed by atoms with Gasteiger partial charge in [0.15, 0.2) is 11.9 Å². The summed E-state index contributed by atoms with van der Waals surface area (Å²) in [5.41, 5.74) is -0.0774. The average Bonchev–Trinajstić information content (AvgIpc) is 2.96. The number of hydrogen-bond acceptors (Lipinski definition) is 8. The van der Waals surface area contributed by atoms with Crippen molar-refractivity contribution in [3.8, 4) is 11.5 Å². The Morgan fingerprint density at radius 3 is 2.55 bits per heavy atom. The molecular formula is C20H24N2O6S. The van der Waals surface area contributed by atoms with Crippen molar-refractivity contribution in [3.63, 3.8) is 0 Å². The monoisotopic (exact) mass is 420 g/mol. The van der Waals surface area contributed by atoms with Crippen LogP contribution < -0.4 is 4.74 Å². The Morgan fingerprint density at radius 2 is 1.83 bits per heavy atom. The summed E-state index contributed by atoms with van der Waals surface area (Å²) in [7, 11) is 0. The van der Waals surface area contributed by atoms with Crippen molar-refractivity contribution in [3.05, 3.63) is 59.7 Å². The number of aromatic carboxylic acids is 1. The molecule has 0 aromatic heterocycles. The summed E-state index contributed by atoms with van der Waals surface area (Å²) < 4.78 is 7.22. The second-order valence-corrected chi connectivity index (χ2v) is 7.69. The highest BCUT2D eigenvalue weighted by Crippen LogP contribution is 2.33. The molecule has 1 heterocycles. The molecule has 0 radical (unpaired) electrons. The maximum atomic E-state index is 11.2. The van der Waals surface area contributed by atoms with E-state index in [9.17, 15) is 25.2 Å². The van der Waals surface area contributed by atoms with Crippen LogP contribution in [0, 0.1) is 0 Å². The summed E-state index contributed by atoms with van der Waals surface area (Å²) in [4.78, 5) is 12.8. The molecule has 29 heavy (non-hydrogen) atoms. The van der Waals surface area contributed by atoms with E-state index in [1.54, 1.807) is 9.21 Å². The molecule has 156 valence electrons. The molecule has 1 fully saturated rings. The molecule has 4 N–H and O–H groups in total. The lowest BCUT2D eigenvalue weighted by Gasteiger charge is -2.24. The van der Waals surface area contributed by atoms with Gasteiger partial charge in [-0.25, -0.2) is 14.0 Å². The highest BCUT2D eigenvalue weighted by molar-refractivity contribution is 7.97. The molecule has 8 nitrogen and oxygen atoms in total. The van der Waals surface area contributed by atoms with E-state index in [1.807, 2.05) is 30.3 Å².